The number of carbonyl (C=O) groups is 1. The minimum Gasteiger partial charge on any atom is -0.425 e. The zero-order valence-electron chi connectivity index (χ0n) is 16.7. The van der Waals surface area contributed by atoms with Gasteiger partial charge in [0.2, 0.25) is 17.7 Å². The third-order valence-electron chi connectivity index (χ3n) is 4.62. The molecule has 4 aromatic rings. The van der Waals surface area contributed by atoms with Gasteiger partial charge in [-0.05, 0) is 23.6 Å². The summed E-state index contributed by atoms with van der Waals surface area (Å²) in [5.41, 5.74) is 4.34. The summed E-state index contributed by atoms with van der Waals surface area (Å²) in [7, 11) is 0. The number of hydrogen-bond donors (Lipinski definition) is 1. The fourth-order valence-corrected chi connectivity index (χ4v) is 3.68. The first-order valence-electron chi connectivity index (χ1n) is 9.79. The van der Waals surface area contributed by atoms with Crippen molar-refractivity contribution < 1.29 is 9.21 Å². The molecule has 7 heteroatoms. The number of benzene rings is 2. The predicted molar refractivity (Wildman–Crippen MR) is 116 cm³/mol. The van der Waals surface area contributed by atoms with E-state index in [0.717, 1.165) is 16.3 Å². The van der Waals surface area contributed by atoms with Crippen LogP contribution in [0.1, 0.15) is 34.5 Å². The third kappa shape index (κ3) is 5.39. The minimum absolute atomic E-state index is 0.0584. The molecule has 1 amide bonds. The number of hydrogen-bond acceptors (Lipinski definition) is 6. The van der Waals surface area contributed by atoms with E-state index in [1.165, 1.54) is 11.1 Å². The van der Waals surface area contributed by atoms with E-state index in [4.69, 9.17) is 4.42 Å². The van der Waals surface area contributed by atoms with Crippen molar-refractivity contribution in [1.82, 2.24) is 20.5 Å². The number of nitrogens with one attached hydrogen (secondary N) is 1. The van der Waals surface area contributed by atoms with Gasteiger partial charge in [-0.15, -0.1) is 21.5 Å². The number of carbonyl (C=O) groups excluding carboxylic acids is 1. The van der Waals surface area contributed by atoms with Crippen molar-refractivity contribution in [3.63, 3.8) is 0 Å². The fraction of sp³-hybridized carbons (Fsp3) is 0.217. The monoisotopic (exact) mass is 418 g/mol. The molecule has 2 aromatic heterocycles. The summed E-state index contributed by atoms with van der Waals surface area (Å²) in [6.45, 7) is 2.39. The van der Waals surface area contributed by atoms with Crippen molar-refractivity contribution in [2.75, 3.05) is 0 Å². The van der Waals surface area contributed by atoms with Gasteiger partial charge in [0.15, 0.2) is 0 Å². The van der Waals surface area contributed by atoms with E-state index in [2.05, 4.69) is 56.9 Å². The Morgan fingerprint density at radius 1 is 1.00 bits per heavy atom. The Balaban J connectivity index is 1.26. The average Bonchev–Trinajstić information content (AvgIpc) is 3.40. The van der Waals surface area contributed by atoms with Crippen LogP contribution in [0.25, 0.3) is 11.1 Å². The molecule has 30 heavy (non-hydrogen) atoms. The maximum atomic E-state index is 12.0. The normalized spacial score (nSPS) is 10.8. The van der Waals surface area contributed by atoms with Crippen LogP contribution in [0.4, 0.5) is 0 Å². The molecule has 4 rings (SSSR count). The second kappa shape index (κ2) is 9.45. The van der Waals surface area contributed by atoms with Crippen molar-refractivity contribution in [1.29, 1.82) is 0 Å². The average molecular weight is 419 g/mol. The zero-order chi connectivity index (χ0) is 20.8. The Hall–Kier alpha value is -3.32. The second-order valence-corrected chi connectivity index (χ2v) is 8.03. The van der Waals surface area contributed by atoms with Crippen LogP contribution in [0.3, 0.4) is 0 Å². The van der Waals surface area contributed by atoms with E-state index in [1.54, 1.807) is 11.3 Å². The lowest BCUT2D eigenvalue weighted by Crippen LogP contribution is -2.23. The summed E-state index contributed by atoms with van der Waals surface area (Å²) >= 11 is 1.57. The molecule has 1 N–H and O–H groups in total. The lowest BCUT2D eigenvalue weighted by Gasteiger charge is -2.03. The lowest BCUT2D eigenvalue weighted by molar-refractivity contribution is -0.121. The van der Waals surface area contributed by atoms with E-state index in [1.807, 2.05) is 30.5 Å². The molecule has 0 atom stereocenters. The summed E-state index contributed by atoms with van der Waals surface area (Å²) in [5, 5.41) is 14.0. The van der Waals surface area contributed by atoms with Gasteiger partial charge in [-0.1, -0.05) is 54.6 Å². The van der Waals surface area contributed by atoms with Crippen LogP contribution < -0.4 is 5.32 Å². The standard InChI is InChI=1S/C23H22N4O2S/c1-16-25-20(15-30-16)14-24-21(28)11-12-22-26-27-23(29-22)13-17-7-9-19(10-8-17)18-5-3-2-4-6-18/h2-10,15H,11-14H2,1H3,(H,24,28). The Bertz CT molecular complexity index is 1100. The molecule has 0 radical (unpaired) electrons. The van der Waals surface area contributed by atoms with Crippen LogP contribution in [-0.2, 0) is 24.2 Å². The molecule has 0 aliphatic heterocycles. The molecule has 152 valence electrons. The van der Waals surface area contributed by atoms with Crippen molar-refractivity contribution in [2.45, 2.75) is 32.7 Å². The van der Waals surface area contributed by atoms with Gasteiger partial charge >= 0.3 is 0 Å². The quantitative estimate of drug-likeness (QED) is 0.460. The topological polar surface area (TPSA) is 80.9 Å². The van der Waals surface area contributed by atoms with Crippen molar-refractivity contribution in [2.24, 2.45) is 0 Å². The highest BCUT2D eigenvalue weighted by Gasteiger charge is 2.10. The third-order valence-corrected chi connectivity index (χ3v) is 5.45. The van der Waals surface area contributed by atoms with Crippen LogP contribution in [-0.4, -0.2) is 21.1 Å². The summed E-state index contributed by atoms with van der Waals surface area (Å²) in [6.07, 6.45) is 1.29. The van der Waals surface area contributed by atoms with Crippen LogP contribution in [0, 0.1) is 6.92 Å². The molecule has 0 aliphatic carbocycles. The first kappa shape index (κ1) is 20.0. The molecule has 0 saturated heterocycles. The summed E-state index contributed by atoms with van der Waals surface area (Å²) < 4.78 is 5.71. The van der Waals surface area contributed by atoms with Gasteiger partial charge in [-0.3, -0.25) is 4.79 Å². The summed E-state index contributed by atoms with van der Waals surface area (Å²) in [6, 6.07) is 18.6. The predicted octanol–water partition coefficient (Wildman–Crippen LogP) is 4.34. The van der Waals surface area contributed by atoms with Crippen LogP contribution in [0.2, 0.25) is 0 Å². The fourth-order valence-electron chi connectivity index (χ4n) is 3.07. The van der Waals surface area contributed by atoms with Crippen molar-refractivity contribution in [3.8, 4) is 11.1 Å². The van der Waals surface area contributed by atoms with Gasteiger partial charge in [0, 0.05) is 18.2 Å². The smallest absolute Gasteiger partial charge is 0.220 e. The number of thiazole rings is 1. The molecule has 0 saturated carbocycles. The number of amides is 1. The number of aromatic nitrogens is 3. The molecule has 6 nitrogen and oxygen atoms in total. The molecule has 2 heterocycles. The second-order valence-electron chi connectivity index (χ2n) is 6.96. The molecule has 0 unspecified atom stereocenters. The Morgan fingerprint density at radius 3 is 2.47 bits per heavy atom. The molecule has 0 aliphatic rings. The molecule has 0 bridgehead atoms. The zero-order valence-corrected chi connectivity index (χ0v) is 17.5. The summed E-state index contributed by atoms with van der Waals surface area (Å²) in [5.74, 6) is 0.971. The van der Waals surface area contributed by atoms with Crippen LogP contribution in [0.15, 0.2) is 64.4 Å². The first-order valence-corrected chi connectivity index (χ1v) is 10.7. The minimum atomic E-state index is -0.0584. The Morgan fingerprint density at radius 2 is 1.73 bits per heavy atom. The van der Waals surface area contributed by atoms with E-state index in [-0.39, 0.29) is 5.91 Å². The largest absolute Gasteiger partial charge is 0.425 e. The Kier molecular flexibility index (Phi) is 6.29. The van der Waals surface area contributed by atoms with Crippen LogP contribution >= 0.6 is 11.3 Å². The summed E-state index contributed by atoms with van der Waals surface area (Å²) in [4.78, 5) is 16.3. The molecule has 0 spiro atoms. The maximum absolute atomic E-state index is 12.0. The highest BCUT2D eigenvalue weighted by atomic mass is 32.1. The number of nitrogens with zero attached hydrogens (tertiary/aromatic N) is 3. The van der Waals surface area contributed by atoms with E-state index in [0.29, 0.717) is 37.6 Å². The SMILES string of the molecule is Cc1nc(CNC(=O)CCc2nnc(Cc3ccc(-c4ccccc4)cc3)o2)cs1. The van der Waals surface area contributed by atoms with Gasteiger partial charge in [0.25, 0.3) is 0 Å². The van der Waals surface area contributed by atoms with E-state index < -0.39 is 0 Å². The highest BCUT2D eigenvalue weighted by molar-refractivity contribution is 7.09. The Labute approximate surface area is 179 Å². The molecular formula is C23H22N4O2S. The van der Waals surface area contributed by atoms with Crippen molar-refractivity contribution in [3.05, 3.63) is 88.0 Å². The first-order chi connectivity index (χ1) is 14.7. The van der Waals surface area contributed by atoms with Crippen LogP contribution in [0.5, 0.6) is 0 Å². The lowest BCUT2D eigenvalue weighted by atomic mass is 10.0. The highest BCUT2D eigenvalue weighted by Crippen LogP contribution is 2.20. The molecule has 2 aromatic carbocycles. The van der Waals surface area contributed by atoms with Gasteiger partial charge in [0.05, 0.1) is 23.7 Å². The van der Waals surface area contributed by atoms with Crippen molar-refractivity contribution >= 4 is 17.2 Å². The van der Waals surface area contributed by atoms with Gasteiger partial charge < -0.3 is 9.73 Å². The molecule has 0 fully saturated rings. The van der Waals surface area contributed by atoms with E-state index in [9.17, 15) is 4.79 Å². The number of aryl methyl sites for hydroxylation is 2. The van der Waals surface area contributed by atoms with Gasteiger partial charge in [0.1, 0.15) is 0 Å². The van der Waals surface area contributed by atoms with Gasteiger partial charge in [-0.2, -0.15) is 0 Å². The number of rotatable bonds is 8. The van der Waals surface area contributed by atoms with E-state index >= 15 is 0 Å². The molecular weight excluding hydrogens is 396 g/mol. The maximum Gasteiger partial charge on any atom is 0.220 e. The van der Waals surface area contributed by atoms with Gasteiger partial charge in [-0.25, -0.2) is 4.98 Å².